The van der Waals surface area contributed by atoms with Crippen LogP contribution in [0.25, 0.3) is 0 Å². The van der Waals surface area contributed by atoms with Crippen LogP contribution in [0.4, 0.5) is 5.95 Å². The summed E-state index contributed by atoms with van der Waals surface area (Å²) in [5.74, 6) is -0.968. The second-order valence-electron chi connectivity index (χ2n) is 6.01. The highest BCUT2D eigenvalue weighted by Gasteiger charge is 2.49. The van der Waals surface area contributed by atoms with Crippen molar-refractivity contribution in [3.05, 3.63) is 0 Å². The number of nitrogens with zero attached hydrogens (tertiary/aromatic N) is 6. The number of methoxy groups -OCH3 is 1. The fourth-order valence-corrected chi connectivity index (χ4v) is 5.30. The van der Waals surface area contributed by atoms with Gasteiger partial charge in [0.2, 0.25) is 17.8 Å². The maximum absolute atomic E-state index is 12.6. The monoisotopic (exact) mass is 373 g/mol. The summed E-state index contributed by atoms with van der Waals surface area (Å²) in [6, 6.07) is -1.17. The molecule has 0 radical (unpaired) electrons. The summed E-state index contributed by atoms with van der Waals surface area (Å²) in [5.41, 5.74) is 5.56. The number of hydrogen-bond donors (Lipinski definition) is 1. The second kappa shape index (κ2) is 6.55. The van der Waals surface area contributed by atoms with E-state index < -0.39 is 21.9 Å². The van der Waals surface area contributed by atoms with Crippen LogP contribution in [-0.2, 0) is 30.7 Å². The average Bonchev–Trinajstić information content (AvgIpc) is 3.08. The first kappa shape index (κ1) is 17.5. The highest BCUT2D eigenvalue weighted by atomic mass is 32.2. The number of piperazine rings is 1. The average molecular weight is 373 g/mol. The van der Waals surface area contributed by atoms with Crippen molar-refractivity contribution in [1.82, 2.24) is 30.0 Å². The predicted octanol–water partition coefficient (Wildman–Crippen LogP) is -3.26. The fraction of sp³-hybridized carbons (Fsp3) is 0.750. The molecule has 0 spiro atoms. The van der Waals surface area contributed by atoms with Crippen molar-refractivity contribution in [1.29, 1.82) is 0 Å². The minimum absolute atomic E-state index is 0.00199. The van der Waals surface area contributed by atoms with E-state index >= 15 is 0 Å². The molecule has 2 N–H and O–H groups in total. The molecule has 2 atom stereocenters. The van der Waals surface area contributed by atoms with Gasteiger partial charge in [0.1, 0.15) is 13.2 Å². The van der Waals surface area contributed by atoms with Crippen LogP contribution in [0.2, 0.25) is 0 Å². The molecule has 0 aromatic carbocycles. The fourth-order valence-electron chi connectivity index (χ4n) is 3.32. The van der Waals surface area contributed by atoms with Gasteiger partial charge in [0.25, 0.3) is 0 Å². The number of carbonyl (C=O) groups excluding carboxylic acids is 2. The van der Waals surface area contributed by atoms with E-state index in [0.717, 1.165) is 4.68 Å². The normalized spacial score (nSPS) is 25.0. The number of aromatic nitrogens is 4. The van der Waals surface area contributed by atoms with Crippen LogP contribution >= 0.6 is 0 Å². The van der Waals surface area contributed by atoms with Crippen molar-refractivity contribution < 1.29 is 22.7 Å². The smallest absolute Gasteiger partial charge is 0.248 e. The maximum atomic E-state index is 12.6. The molecule has 2 aliphatic heterocycles. The first-order valence-electron chi connectivity index (χ1n) is 7.62. The number of ether oxygens (including phenoxy) is 1. The van der Waals surface area contributed by atoms with Crippen LogP contribution in [-0.4, -0.2) is 101 Å². The standard InChI is InChI=1S/C12H19N7O5S/c1-24-5-11(21)18-3-2-17(8-6-25(22,23)7-9(8)18)10(20)4-19-12(13)14-15-16-19/h8-9H,2-7H2,1H3,(H2,13,14,16)/t8-,9+/m1/s1. The highest BCUT2D eigenvalue weighted by Crippen LogP contribution is 2.27. The summed E-state index contributed by atoms with van der Waals surface area (Å²) in [4.78, 5) is 27.8. The van der Waals surface area contributed by atoms with E-state index in [1.807, 2.05) is 0 Å². The lowest BCUT2D eigenvalue weighted by atomic mass is 10.0. The minimum atomic E-state index is -3.35. The molecule has 0 aliphatic carbocycles. The zero-order chi connectivity index (χ0) is 18.2. The SMILES string of the molecule is COCC(=O)N1CCN(C(=O)Cn2nnnc2N)[C@@H]2CS(=O)(=O)C[C@@H]21. The molecule has 2 saturated heterocycles. The van der Waals surface area contributed by atoms with Gasteiger partial charge in [-0.2, -0.15) is 0 Å². The Kier molecular flexibility index (Phi) is 4.60. The molecule has 138 valence electrons. The number of rotatable bonds is 4. The molecule has 0 saturated carbocycles. The summed E-state index contributed by atoms with van der Waals surface area (Å²) < 4.78 is 30.2. The lowest BCUT2D eigenvalue weighted by Gasteiger charge is -2.43. The van der Waals surface area contributed by atoms with Crippen molar-refractivity contribution >= 4 is 27.6 Å². The van der Waals surface area contributed by atoms with Gasteiger partial charge in [-0.1, -0.05) is 5.10 Å². The van der Waals surface area contributed by atoms with Crippen LogP contribution < -0.4 is 5.73 Å². The van der Waals surface area contributed by atoms with Crippen molar-refractivity contribution in [2.24, 2.45) is 0 Å². The summed E-state index contributed by atoms with van der Waals surface area (Å²) in [6.45, 7) is 0.162. The molecule has 12 nitrogen and oxygen atoms in total. The summed E-state index contributed by atoms with van der Waals surface area (Å²) in [6.07, 6.45) is 0. The third-order valence-electron chi connectivity index (χ3n) is 4.43. The van der Waals surface area contributed by atoms with Crippen molar-refractivity contribution in [2.45, 2.75) is 18.6 Å². The van der Waals surface area contributed by atoms with E-state index in [1.54, 1.807) is 0 Å². The molecule has 3 rings (SSSR count). The van der Waals surface area contributed by atoms with Gasteiger partial charge in [-0.05, 0) is 10.4 Å². The molecule has 13 heteroatoms. The Balaban J connectivity index is 1.80. The third kappa shape index (κ3) is 3.42. The second-order valence-corrected chi connectivity index (χ2v) is 8.17. The van der Waals surface area contributed by atoms with E-state index in [0.29, 0.717) is 0 Å². The van der Waals surface area contributed by atoms with Gasteiger partial charge >= 0.3 is 0 Å². The summed E-state index contributed by atoms with van der Waals surface area (Å²) in [7, 11) is -1.95. The molecule has 2 aliphatic rings. The van der Waals surface area contributed by atoms with Gasteiger partial charge in [0.15, 0.2) is 9.84 Å². The molecule has 25 heavy (non-hydrogen) atoms. The zero-order valence-electron chi connectivity index (χ0n) is 13.6. The van der Waals surface area contributed by atoms with Crippen molar-refractivity contribution in [3.63, 3.8) is 0 Å². The lowest BCUT2D eigenvalue weighted by Crippen LogP contribution is -2.62. The molecule has 2 amide bonds. The molecule has 1 aromatic rings. The van der Waals surface area contributed by atoms with Gasteiger partial charge in [-0.25, -0.2) is 13.1 Å². The third-order valence-corrected chi connectivity index (χ3v) is 6.13. The zero-order valence-corrected chi connectivity index (χ0v) is 14.4. The first-order chi connectivity index (χ1) is 11.8. The van der Waals surface area contributed by atoms with Gasteiger partial charge in [0, 0.05) is 20.2 Å². The topological polar surface area (TPSA) is 154 Å². The van der Waals surface area contributed by atoms with E-state index in [2.05, 4.69) is 15.5 Å². The van der Waals surface area contributed by atoms with Gasteiger partial charge in [-0.3, -0.25) is 9.59 Å². The summed E-state index contributed by atoms with van der Waals surface area (Å²) in [5, 5.41) is 10.5. The summed E-state index contributed by atoms with van der Waals surface area (Å²) >= 11 is 0. The Morgan fingerprint density at radius 1 is 1.20 bits per heavy atom. The predicted molar refractivity (Wildman–Crippen MR) is 83.8 cm³/mol. The Labute approximate surface area is 143 Å². The van der Waals surface area contributed by atoms with Crippen LogP contribution in [0, 0.1) is 0 Å². The number of carbonyl (C=O) groups is 2. The molecular formula is C12H19N7O5S. The van der Waals surface area contributed by atoms with Crippen LogP contribution in [0.5, 0.6) is 0 Å². The van der Waals surface area contributed by atoms with Gasteiger partial charge < -0.3 is 20.3 Å². The van der Waals surface area contributed by atoms with Crippen molar-refractivity contribution in [3.8, 4) is 0 Å². The molecule has 1 aromatic heterocycles. The number of sulfone groups is 1. The van der Waals surface area contributed by atoms with Crippen LogP contribution in [0.15, 0.2) is 0 Å². The van der Waals surface area contributed by atoms with E-state index in [1.165, 1.54) is 16.9 Å². The van der Waals surface area contributed by atoms with Gasteiger partial charge in [0.05, 0.1) is 23.6 Å². The number of fused-ring (bicyclic) bond motifs is 1. The maximum Gasteiger partial charge on any atom is 0.248 e. The number of anilines is 1. The number of nitrogen functional groups attached to an aromatic ring is 1. The molecule has 0 unspecified atom stereocenters. The number of amides is 2. The van der Waals surface area contributed by atoms with E-state index in [-0.39, 0.29) is 55.5 Å². The van der Waals surface area contributed by atoms with Crippen LogP contribution in [0.3, 0.4) is 0 Å². The molecule has 3 heterocycles. The lowest BCUT2D eigenvalue weighted by molar-refractivity contribution is -0.148. The van der Waals surface area contributed by atoms with Crippen molar-refractivity contribution in [2.75, 3.05) is 44.0 Å². The quantitative estimate of drug-likeness (QED) is 0.572. The Morgan fingerprint density at radius 2 is 1.80 bits per heavy atom. The Hall–Kier alpha value is -2.28. The highest BCUT2D eigenvalue weighted by molar-refractivity contribution is 7.91. The largest absolute Gasteiger partial charge is 0.375 e. The van der Waals surface area contributed by atoms with Gasteiger partial charge in [-0.15, -0.1) is 0 Å². The number of hydrogen-bond acceptors (Lipinski definition) is 9. The van der Waals surface area contributed by atoms with Crippen LogP contribution in [0.1, 0.15) is 0 Å². The number of tetrazole rings is 1. The Morgan fingerprint density at radius 3 is 2.32 bits per heavy atom. The minimum Gasteiger partial charge on any atom is -0.375 e. The molecule has 2 fully saturated rings. The molecule has 0 bridgehead atoms. The van der Waals surface area contributed by atoms with E-state index in [4.69, 9.17) is 10.5 Å². The Bertz CT molecular complexity index is 779. The molecular weight excluding hydrogens is 354 g/mol. The number of nitrogens with two attached hydrogens (primary N) is 1. The van der Waals surface area contributed by atoms with E-state index in [9.17, 15) is 18.0 Å². The first-order valence-corrected chi connectivity index (χ1v) is 9.44.